The standard InChI is InChI=1S/C14H8FNO3/c15-12-7-10(14(17)18)4-5-13(12)19-11-3-1-2-9(6-11)8-16/h1-7H,(H,17,18). The molecule has 0 unspecified atom stereocenters. The van der Waals surface area contributed by atoms with Crippen molar-refractivity contribution in [3.05, 3.63) is 59.4 Å². The minimum Gasteiger partial charge on any atom is -0.478 e. The SMILES string of the molecule is N#Cc1cccc(Oc2ccc(C(=O)O)cc2F)c1. The minimum absolute atomic E-state index is 0.0971. The van der Waals surface area contributed by atoms with Crippen molar-refractivity contribution in [1.29, 1.82) is 5.26 Å². The van der Waals surface area contributed by atoms with Crippen LogP contribution < -0.4 is 4.74 Å². The molecule has 2 aromatic rings. The highest BCUT2D eigenvalue weighted by Crippen LogP contribution is 2.25. The second kappa shape index (κ2) is 5.19. The van der Waals surface area contributed by atoms with Gasteiger partial charge in [-0.25, -0.2) is 9.18 Å². The molecule has 94 valence electrons. The van der Waals surface area contributed by atoms with Crippen molar-refractivity contribution in [2.75, 3.05) is 0 Å². The van der Waals surface area contributed by atoms with Crippen molar-refractivity contribution in [1.82, 2.24) is 0 Å². The lowest BCUT2D eigenvalue weighted by Gasteiger charge is -2.07. The number of ether oxygens (including phenoxy) is 1. The number of carboxylic acid groups (broad SMARTS) is 1. The van der Waals surface area contributed by atoms with Crippen LogP contribution in [0.2, 0.25) is 0 Å². The fraction of sp³-hybridized carbons (Fsp3) is 0. The van der Waals surface area contributed by atoms with Gasteiger partial charge < -0.3 is 9.84 Å². The average molecular weight is 257 g/mol. The number of carboxylic acids is 1. The summed E-state index contributed by atoms with van der Waals surface area (Å²) in [5.41, 5.74) is 0.232. The van der Waals surface area contributed by atoms with Crippen LogP contribution in [0.15, 0.2) is 42.5 Å². The molecule has 0 fully saturated rings. The van der Waals surface area contributed by atoms with Gasteiger partial charge in [0, 0.05) is 0 Å². The van der Waals surface area contributed by atoms with Gasteiger partial charge in [-0.2, -0.15) is 5.26 Å². The summed E-state index contributed by atoms with van der Waals surface area (Å²) in [5.74, 6) is -1.78. The van der Waals surface area contributed by atoms with Gasteiger partial charge in [-0.3, -0.25) is 0 Å². The maximum atomic E-state index is 13.6. The van der Waals surface area contributed by atoms with Gasteiger partial charge in [-0.1, -0.05) is 6.07 Å². The molecule has 0 bridgehead atoms. The highest BCUT2D eigenvalue weighted by Gasteiger charge is 2.10. The molecule has 0 aromatic heterocycles. The van der Waals surface area contributed by atoms with E-state index in [1.165, 1.54) is 18.2 Å². The molecule has 1 N–H and O–H groups in total. The number of carbonyl (C=O) groups is 1. The summed E-state index contributed by atoms with van der Waals surface area (Å²) >= 11 is 0. The van der Waals surface area contributed by atoms with Crippen LogP contribution in [0.4, 0.5) is 4.39 Å². The minimum atomic E-state index is -1.21. The van der Waals surface area contributed by atoms with Crippen LogP contribution in [-0.4, -0.2) is 11.1 Å². The molecule has 0 radical (unpaired) electrons. The molecule has 0 saturated carbocycles. The Kier molecular flexibility index (Phi) is 3.44. The molecule has 0 aliphatic heterocycles. The van der Waals surface area contributed by atoms with E-state index in [-0.39, 0.29) is 11.3 Å². The van der Waals surface area contributed by atoms with Crippen molar-refractivity contribution in [2.24, 2.45) is 0 Å². The maximum absolute atomic E-state index is 13.6. The van der Waals surface area contributed by atoms with Gasteiger partial charge in [-0.05, 0) is 36.4 Å². The smallest absolute Gasteiger partial charge is 0.335 e. The Hall–Kier alpha value is -2.87. The molecule has 0 spiro atoms. The molecule has 0 heterocycles. The van der Waals surface area contributed by atoms with Crippen molar-refractivity contribution in [2.45, 2.75) is 0 Å². The zero-order chi connectivity index (χ0) is 13.8. The lowest BCUT2D eigenvalue weighted by Crippen LogP contribution is -1.98. The third kappa shape index (κ3) is 2.87. The van der Waals surface area contributed by atoms with E-state index in [4.69, 9.17) is 15.1 Å². The van der Waals surface area contributed by atoms with Crippen LogP contribution in [-0.2, 0) is 0 Å². The van der Waals surface area contributed by atoms with Crippen molar-refractivity contribution >= 4 is 5.97 Å². The summed E-state index contributed by atoms with van der Waals surface area (Å²) < 4.78 is 18.9. The third-order valence-electron chi connectivity index (χ3n) is 2.37. The van der Waals surface area contributed by atoms with E-state index in [0.717, 1.165) is 6.07 Å². The first-order chi connectivity index (χ1) is 9.10. The van der Waals surface area contributed by atoms with Crippen LogP contribution in [0.1, 0.15) is 15.9 Å². The highest BCUT2D eigenvalue weighted by atomic mass is 19.1. The topological polar surface area (TPSA) is 70.3 Å². The Balaban J connectivity index is 2.28. The maximum Gasteiger partial charge on any atom is 0.335 e. The summed E-state index contributed by atoms with van der Waals surface area (Å²) in [7, 11) is 0. The highest BCUT2D eigenvalue weighted by molar-refractivity contribution is 5.87. The van der Waals surface area contributed by atoms with E-state index in [1.807, 2.05) is 6.07 Å². The molecule has 0 aliphatic rings. The van der Waals surface area contributed by atoms with Gasteiger partial charge in [0.15, 0.2) is 11.6 Å². The van der Waals surface area contributed by atoms with E-state index in [1.54, 1.807) is 18.2 Å². The van der Waals surface area contributed by atoms with Gasteiger partial charge in [0.05, 0.1) is 17.2 Å². The largest absolute Gasteiger partial charge is 0.478 e. The third-order valence-corrected chi connectivity index (χ3v) is 2.37. The molecule has 0 saturated heterocycles. The zero-order valence-electron chi connectivity index (χ0n) is 9.63. The Labute approximate surface area is 108 Å². The molecule has 2 aromatic carbocycles. The first-order valence-electron chi connectivity index (χ1n) is 5.31. The summed E-state index contributed by atoms with van der Waals surface area (Å²) in [4.78, 5) is 10.7. The number of aromatic carboxylic acids is 1. The van der Waals surface area contributed by atoms with Crippen LogP contribution in [0, 0.1) is 17.1 Å². The summed E-state index contributed by atoms with van der Waals surface area (Å²) in [6.07, 6.45) is 0. The quantitative estimate of drug-likeness (QED) is 0.916. The molecule has 5 heteroatoms. The average Bonchev–Trinajstić information content (AvgIpc) is 2.41. The molecule has 0 amide bonds. The zero-order valence-corrected chi connectivity index (χ0v) is 9.63. The summed E-state index contributed by atoms with van der Waals surface area (Å²) in [5, 5.41) is 17.4. The van der Waals surface area contributed by atoms with Gasteiger partial charge >= 0.3 is 5.97 Å². The van der Waals surface area contributed by atoms with Gasteiger partial charge in [0.1, 0.15) is 5.75 Å². The lowest BCUT2D eigenvalue weighted by molar-refractivity contribution is 0.0696. The Bertz CT molecular complexity index is 677. The molecule has 2 rings (SSSR count). The number of rotatable bonds is 3. The van der Waals surface area contributed by atoms with Crippen LogP contribution in [0.3, 0.4) is 0 Å². The van der Waals surface area contributed by atoms with E-state index < -0.39 is 11.8 Å². The molecule has 4 nitrogen and oxygen atoms in total. The second-order valence-electron chi connectivity index (χ2n) is 3.69. The van der Waals surface area contributed by atoms with Crippen LogP contribution in [0.5, 0.6) is 11.5 Å². The van der Waals surface area contributed by atoms with Crippen molar-refractivity contribution in [3.8, 4) is 17.6 Å². The number of nitrogens with zero attached hydrogens (tertiary/aromatic N) is 1. The predicted molar refractivity (Wildman–Crippen MR) is 64.6 cm³/mol. The first-order valence-corrected chi connectivity index (χ1v) is 5.31. The van der Waals surface area contributed by atoms with Gasteiger partial charge in [0.25, 0.3) is 0 Å². The molecule has 0 atom stereocenters. The Morgan fingerprint density at radius 3 is 2.68 bits per heavy atom. The van der Waals surface area contributed by atoms with Crippen LogP contribution in [0.25, 0.3) is 0 Å². The Morgan fingerprint density at radius 2 is 2.05 bits per heavy atom. The Morgan fingerprint density at radius 1 is 1.26 bits per heavy atom. The van der Waals surface area contributed by atoms with E-state index >= 15 is 0 Å². The van der Waals surface area contributed by atoms with E-state index in [2.05, 4.69) is 0 Å². The number of nitriles is 1. The fourth-order valence-electron chi connectivity index (χ4n) is 1.47. The molecule has 0 aliphatic carbocycles. The molecule has 19 heavy (non-hydrogen) atoms. The number of hydrogen-bond acceptors (Lipinski definition) is 3. The van der Waals surface area contributed by atoms with Crippen LogP contribution >= 0.6 is 0 Å². The van der Waals surface area contributed by atoms with Crippen molar-refractivity contribution in [3.63, 3.8) is 0 Å². The molecular weight excluding hydrogens is 249 g/mol. The van der Waals surface area contributed by atoms with E-state index in [9.17, 15) is 9.18 Å². The number of benzene rings is 2. The normalized spacial score (nSPS) is 9.68. The number of halogens is 1. The number of hydrogen-bond donors (Lipinski definition) is 1. The van der Waals surface area contributed by atoms with Gasteiger partial charge in [0.2, 0.25) is 0 Å². The van der Waals surface area contributed by atoms with E-state index in [0.29, 0.717) is 11.3 Å². The predicted octanol–water partition coefficient (Wildman–Crippen LogP) is 3.19. The second-order valence-corrected chi connectivity index (χ2v) is 3.69. The lowest BCUT2D eigenvalue weighted by atomic mass is 10.2. The van der Waals surface area contributed by atoms with Crippen molar-refractivity contribution < 1.29 is 19.0 Å². The molecular formula is C14H8FNO3. The summed E-state index contributed by atoms with van der Waals surface area (Å²) in [6, 6.07) is 11.5. The fourth-order valence-corrected chi connectivity index (χ4v) is 1.47. The first kappa shape index (κ1) is 12.6. The monoisotopic (exact) mass is 257 g/mol. The van der Waals surface area contributed by atoms with Gasteiger partial charge in [-0.15, -0.1) is 0 Å². The summed E-state index contributed by atoms with van der Waals surface area (Å²) in [6.45, 7) is 0.